The second-order valence-electron chi connectivity index (χ2n) is 5.38. The Morgan fingerprint density at radius 3 is 2.62 bits per heavy atom. The fraction of sp³-hybridized carbons (Fsp3) is 0.471. The number of hydrogen-bond acceptors (Lipinski definition) is 2. The van der Waals surface area contributed by atoms with Crippen LogP contribution in [0.3, 0.4) is 0 Å². The van der Waals surface area contributed by atoms with Crippen molar-refractivity contribution in [3.8, 4) is 10.4 Å². The third kappa shape index (κ3) is 3.05. The van der Waals surface area contributed by atoms with E-state index in [9.17, 15) is 4.79 Å². The van der Waals surface area contributed by atoms with Gasteiger partial charge in [0.2, 0.25) is 0 Å². The minimum atomic E-state index is -0.316. The third-order valence-electron chi connectivity index (χ3n) is 3.87. The summed E-state index contributed by atoms with van der Waals surface area (Å²) in [6.45, 7) is 7.34. The van der Waals surface area contributed by atoms with Crippen molar-refractivity contribution in [1.29, 1.82) is 0 Å². The molecule has 2 N–H and O–H groups in total. The molecule has 114 valence electrons. The first-order valence-corrected chi connectivity index (χ1v) is 8.55. The third-order valence-corrected chi connectivity index (χ3v) is 4.75. The minimum absolute atomic E-state index is 0.316. The van der Waals surface area contributed by atoms with E-state index < -0.39 is 0 Å². The maximum Gasteiger partial charge on any atom is 0.251 e. The Bertz CT molecular complexity index is 611. The molecule has 0 aliphatic rings. The van der Waals surface area contributed by atoms with Gasteiger partial charge in [-0.2, -0.15) is 0 Å². The van der Waals surface area contributed by atoms with Crippen molar-refractivity contribution in [2.24, 2.45) is 5.73 Å². The molecule has 0 spiro atoms. The van der Waals surface area contributed by atoms with Gasteiger partial charge < -0.3 is 10.3 Å². The molecule has 0 fully saturated rings. The van der Waals surface area contributed by atoms with Crippen molar-refractivity contribution in [3.63, 3.8) is 0 Å². The zero-order chi connectivity index (χ0) is 15.4. The fourth-order valence-corrected chi connectivity index (χ4v) is 3.70. The molecular weight excluding hydrogens is 280 g/mol. The molecule has 0 unspecified atom stereocenters. The molecular formula is C17H24N2OS. The van der Waals surface area contributed by atoms with Gasteiger partial charge in [-0.25, -0.2) is 0 Å². The number of aromatic nitrogens is 1. The van der Waals surface area contributed by atoms with Crippen molar-refractivity contribution >= 4 is 17.2 Å². The summed E-state index contributed by atoms with van der Waals surface area (Å²) in [4.78, 5) is 13.1. The van der Waals surface area contributed by atoms with E-state index >= 15 is 0 Å². The van der Waals surface area contributed by atoms with Crippen molar-refractivity contribution in [3.05, 3.63) is 34.5 Å². The highest BCUT2D eigenvalue weighted by Gasteiger charge is 2.24. The molecule has 0 aliphatic heterocycles. The van der Waals surface area contributed by atoms with Crippen LogP contribution >= 0.6 is 11.3 Å². The van der Waals surface area contributed by atoms with Crippen LogP contribution in [0, 0.1) is 6.92 Å². The highest BCUT2D eigenvalue weighted by Crippen LogP contribution is 2.36. The van der Waals surface area contributed by atoms with E-state index in [0.29, 0.717) is 5.56 Å². The van der Waals surface area contributed by atoms with E-state index in [1.807, 2.05) is 13.0 Å². The number of primary amides is 1. The van der Waals surface area contributed by atoms with Crippen LogP contribution in [0.5, 0.6) is 0 Å². The molecule has 0 atom stereocenters. The highest BCUT2D eigenvalue weighted by atomic mass is 32.1. The summed E-state index contributed by atoms with van der Waals surface area (Å²) in [5.74, 6) is -0.316. The van der Waals surface area contributed by atoms with E-state index in [0.717, 1.165) is 48.4 Å². The number of nitrogens with zero attached hydrogens (tertiary/aromatic N) is 1. The number of thiophene rings is 1. The molecule has 4 heteroatoms. The first-order valence-electron chi connectivity index (χ1n) is 7.67. The second-order valence-corrected chi connectivity index (χ2v) is 6.33. The lowest BCUT2D eigenvalue weighted by Crippen LogP contribution is -2.13. The molecule has 0 aromatic carbocycles. The Hall–Kier alpha value is -1.55. The molecule has 2 aromatic heterocycles. The molecule has 0 radical (unpaired) electrons. The van der Waals surface area contributed by atoms with Gasteiger partial charge in [-0.3, -0.25) is 4.79 Å². The van der Waals surface area contributed by atoms with Gasteiger partial charge in [0.25, 0.3) is 5.91 Å². The largest absolute Gasteiger partial charge is 0.366 e. The molecule has 0 saturated carbocycles. The van der Waals surface area contributed by atoms with Crippen LogP contribution in [0.15, 0.2) is 17.5 Å². The zero-order valence-corrected chi connectivity index (χ0v) is 13.9. The summed E-state index contributed by atoms with van der Waals surface area (Å²) < 4.78 is 2.31. The van der Waals surface area contributed by atoms with Gasteiger partial charge in [0.1, 0.15) is 0 Å². The SMILES string of the molecule is CCCCn1c(C)c(C(N)=O)c(-c2cccs2)c1CCC. The van der Waals surface area contributed by atoms with Crippen LogP contribution in [-0.2, 0) is 13.0 Å². The van der Waals surface area contributed by atoms with Crippen molar-refractivity contribution in [1.82, 2.24) is 4.57 Å². The van der Waals surface area contributed by atoms with Gasteiger partial charge in [-0.1, -0.05) is 32.8 Å². The van der Waals surface area contributed by atoms with Crippen LogP contribution in [0.4, 0.5) is 0 Å². The smallest absolute Gasteiger partial charge is 0.251 e. The molecule has 1 amide bonds. The van der Waals surface area contributed by atoms with Gasteiger partial charge >= 0.3 is 0 Å². The van der Waals surface area contributed by atoms with Crippen molar-refractivity contribution in [2.75, 3.05) is 0 Å². The monoisotopic (exact) mass is 304 g/mol. The number of carbonyl (C=O) groups is 1. The maximum atomic E-state index is 12.0. The predicted molar refractivity (Wildman–Crippen MR) is 89.9 cm³/mol. The van der Waals surface area contributed by atoms with Gasteiger partial charge in [0.05, 0.1) is 5.56 Å². The molecule has 0 bridgehead atoms. The van der Waals surface area contributed by atoms with E-state index in [4.69, 9.17) is 5.73 Å². The van der Waals surface area contributed by atoms with Gasteiger partial charge in [0, 0.05) is 28.4 Å². The lowest BCUT2D eigenvalue weighted by atomic mass is 10.0. The standard InChI is InChI=1S/C17H24N2OS/c1-4-6-10-19-12(3)15(17(18)20)16(13(19)8-5-2)14-9-7-11-21-14/h7,9,11H,4-6,8,10H2,1-3H3,(H2,18,20). The first kappa shape index (κ1) is 15.8. The van der Waals surface area contributed by atoms with Crippen LogP contribution < -0.4 is 5.73 Å². The Morgan fingerprint density at radius 1 is 1.33 bits per heavy atom. The van der Waals surface area contributed by atoms with Gasteiger partial charge in [0.15, 0.2) is 0 Å². The van der Waals surface area contributed by atoms with Crippen LogP contribution in [0.1, 0.15) is 54.9 Å². The van der Waals surface area contributed by atoms with Crippen LogP contribution in [0.25, 0.3) is 10.4 Å². The molecule has 2 heterocycles. The summed E-state index contributed by atoms with van der Waals surface area (Å²) in [6, 6.07) is 4.11. The average Bonchev–Trinajstić information content (AvgIpc) is 3.04. The summed E-state index contributed by atoms with van der Waals surface area (Å²) in [7, 11) is 0. The van der Waals surface area contributed by atoms with E-state index in [2.05, 4.69) is 29.9 Å². The summed E-state index contributed by atoms with van der Waals surface area (Å²) in [6.07, 6.45) is 4.30. The number of nitrogens with two attached hydrogens (primary N) is 1. The van der Waals surface area contributed by atoms with E-state index in [1.165, 1.54) is 5.69 Å². The Balaban J connectivity index is 2.66. The number of amides is 1. The fourth-order valence-electron chi connectivity index (χ4n) is 2.90. The maximum absolute atomic E-state index is 12.0. The van der Waals surface area contributed by atoms with Gasteiger partial charge in [-0.05, 0) is 31.2 Å². The first-order chi connectivity index (χ1) is 10.1. The van der Waals surface area contributed by atoms with Crippen molar-refractivity contribution < 1.29 is 4.79 Å². The quantitative estimate of drug-likeness (QED) is 0.811. The number of carbonyl (C=O) groups excluding carboxylic acids is 1. The number of rotatable bonds is 7. The lowest BCUT2D eigenvalue weighted by Gasteiger charge is -2.11. The summed E-state index contributed by atoms with van der Waals surface area (Å²) >= 11 is 1.67. The highest BCUT2D eigenvalue weighted by molar-refractivity contribution is 7.13. The summed E-state index contributed by atoms with van der Waals surface area (Å²) in [5, 5.41) is 2.05. The second kappa shape index (κ2) is 6.94. The van der Waals surface area contributed by atoms with Crippen LogP contribution in [-0.4, -0.2) is 10.5 Å². The molecule has 3 nitrogen and oxygen atoms in total. The molecule has 2 aromatic rings. The van der Waals surface area contributed by atoms with E-state index in [1.54, 1.807) is 11.3 Å². The topological polar surface area (TPSA) is 48.0 Å². The van der Waals surface area contributed by atoms with Gasteiger partial charge in [-0.15, -0.1) is 11.3 Å². The molecule has 21 heavy (non-hydrogen) atoms. The molecule has 0 aliphatic carbocycles. The molecule has 0 saturated heterocycles. The predicted octanol–water partition coefficient (Wildman–Crippen LogP) is 4.38. The lowest BCUT2D eigenvalue weighted by molar-refractivity contribution is 0.1000. The number of hydrogen-bond donors (Lipinski definition) is 1. The minimum Gasteiger partial charge on any atom is -0.366 e. The zero-order valence-electron chi connectivity index (χ0n) is 13.1. The van der Waals surface area contributed by atoms with Crippen molar-refractivity contribution in [2.45, 2.75) is 53.0 Å². The van der Waals surface area contributed by atoms with E-state index in [-0.39, 0.29) is 5.91 Å². The normalized spacial score (nSPS) is 11.0. The molecule has 2 rings (SSSR count). The van der Waals surface area contributed by atoms with Crippen LogP contribution in [0.2, 0.25) is 0 Å². The Morgan fingerprint density at radius 2 is 2.10 bits per heavy atom. The number of unbranched alkanes of at least 4 members (excludes halogenated alkanes) is 1. The Labute approximate surface area is 130 Å². The summed E-state index contributed by atoms with van der Waals surface area (Å²) in [5.41, 5.74) is 9.73. The average molecular weight is 304 g/mol. The Kier molecular flexibility index (Phi) is 5.23.